The van der Waals surface area contributed by atoms with E-state index in [9.17, 15) is 18.1 Å². The Labute approximate surface area is 212 Å². The van der Waals surface area contributed by atoms with Gasteiger partial charge < -0.3 is 14.2 Å². The number of benzene rings is 1. The number of nitrogens with one attached hydrogen (secondary N) is 1. The first-order valence-electron chi connectivity index (χ1n) is 11.8. The number of ether oxygens (including phenoxy) is 1. The largest absolute Gasteiger partial charge is 0.593 e. The van der Waals surface area contributed by atoms with Gasteiger partial charge in [-0.05, 0) is 36.8 Å². The molecule has 2 atom stereocenters. The van der Waals surface area contributed by atoms with E-state index in [2.05, 4.69) is 20.4 Å². The zero-order valence-corrected chi connectivity index (χ0v) is 21.1. The summed E-state index contributed by atoms with van der Waals surface area (Å²) in [6.07, 6.45) is -2.65. The number of aromatic nitrogens is 1. The van der Waals surface area contributed by atoms with Crippen molar-refractivity contribution in [3.8, 4) is 0 Å². The van der Waals surface area contributed by atoms with Crippen LogP contribution in [0.15, 0.2) is 47.7 Å². The number of carbonyl (C=O) groups excluding carboxylic acids is 1. The molecule has 0 bridgehead atoms. The maximum atomic E-state index is 12.9. The summed E-state index contributed by atoms with van der Waals surface area (Å²) in [6.45, 7) is 7.58. The zero-order valence-electron chi connectivity index (χ0n) is 20.3. The van der Waals surface area contributed by atoms with E-state index >= 15 is 0 Å². The van der Waals surface area contributed by atoms with Gasteiger partial charge in [-0.25, -0.2) is 8.78 Å². The third kappa shape index (κ3) is 6.42. The molecule has 1 N–H and O–H groups in total. The highest BCUT2D eigenvalue weighted by molar-refractivity contribution is 7.92. The molecule has 0 radical (unpaired) electrons. The van der Waals surface area contributed by atoms with E-state index in [1.165, 1.54) is 6.20 Å². The fourth-order valence-electron chi connectivity index (χ4n) is 4.05. The second kappa shape index (κ2) is 11.8. The van der Waals surface area contributed by atoms with Crippen molar-refractivity contribution in [1.29, 1.82) is 0 Å². The van der Waals surface area contributed by atoms with Crippen molar-refractivity contribution in [3.63, 3.8) is 0 Å². The quantitative estimate of drug-likeness (QED) is 0.507. The van der Waals surface area contributed by atoms with Gasteiger partial charge in [0.1, 0.15) is 12.3 Å². The van der Waals surface area contributed by atoms with Gasteiger partial charge >= 0.3 is 0 Å². The van der Waals surface area contributed by atoms with E-state index in [4.69, 9.17) is 4.74 Å². The minimum atomic E-state index is -2.70. The summed E-state index contributed by atoms with van der Waals surface area (Å²) in [5, 5.41) is 3.80. The number of rotatable bonds is 9. The van der Waals surface area contributed by atoms with Gasteiger partial charge in [-0.3, -0.25) is 20.1 Å². The van der Waals surface area contributed by atoms with E-state index < -0.39 is 24.0 Å². The van der Waals surface area contributed by atoms with E-state index in [0.717, 1.165) is 44.0 Å². The Bertz CT molecular complexity index is 1070. The number of hydrazone groups is 1. The lowest BCUT2D eigenvalue weighted by Crippen LogP contribution is -2.47. The molecule has 1 saturated heterocycles. The number of anilines is 1. The van der Waals surface area contributed by atoms with Gasteiger partial charge in [0.05, 0.1) is 28.3 Å². The number of pyridine rings is 1. The van der Waals surface area contributed by atoms with Crippen LogP contribution in [0.25, 0.3) is 0 Å². The summed E-state index contributed by atoms with van der Waals surface area (Å²) in [5.41, 5.74) is 5.33. The number of nitrogens with zero attached hydrogens (tertiary/aromatic N) is 5. The van der Waals surface area contributed by atoms with Gasteiger partial charge in [0.2, 0.25) is 18.0 Å². The predicted octanol–water partition coefficient (Wildman–Crippen LogP) is 2.31. The SMILES string of the molecule is CC[S+]([O-])N(Cc1ccc(C2=NN[C@H](C(F)F)O2)cn1)c1cccc(CN2CCN(C(C)=O)CC2)c1. The van der Waals surface area contributed by atoms with E-state index in [1.54, 1.807) is 23.4 Å². The molecule has 0 spiro atoms. The van der Waals surface area contributed by atoms with Crippen molar-refractivity contribution in [2.75, 3.05) is 36.2 Å². The normalized spacial score (nSPS) is 19.0. The third-order valence-electron chi connectivity index (χ3n) is 6.05. The van der Waals surface area contributed by atoms with Crippen LogP contribution in [0.5, 0.6) is 0 Å². The first-order chi connectivity index (χ1) is 17.3. The number of hydrogen-bond acceptors (Lipinski definition) is 8. The van der Waals surface area contributed by atoms with Crippen molar-refractivity contribution in [2.24, 2.45) is 5.10 Å². The Balaban J connectivity index is 1.42. The molecule has 1 aromatic carbocycles. The smallest absolute Gasteiger partial charge is 0.294 e. The highest BCUT2D eigenvalue weighted by atomic mass is 32.2. The Kier molecular flexibility index (Phi) is 8.60. The van der Waals surface area contributed by atoms with Crippen LogP contribution >= 0.6 is 0 Å². The Morgan fingerprint density at radius 2 is 2.06 bits per heavy atom. The van der Waals surface area contributed by atoms with E-state index in [-0.39, 0.29) is 11.8 Å². The fraction of sp³-hybridized carbons (Fsp3) is 0.458. The summed E-state index contributed by atoms with van der Waals surface area (Å²) in [7, 11) is 0. The number of amides is 1. The maximum absolute atomic E-state index is 12.9. The van der Waals surface area contributed by atoms with Crippen LogP contribution in [0, 0.1) is 0 Å². The minimum absolute atomic E-state index is 0.0604. The molecule has 12 heteroatoms. The van der Waals surface area contributed by atoms with Crippen LogP contribution < -0.4 is 9.73 Å². The van der Waals surface area contributed by atoms with Crippen LogP contribution in [0.3, 0.4) is 0 Å². The summed E-state index contributed by atoms with van der Waals surface area (Å²) >= 11 is -1.26. The molecule has 1 unspecified atom stereocenters. The third-order valence-corrected chi connectivity index (χ3v) is 7.38. The van der Waals surface area contributed by atoms with Gasteiger partial charge in [-0.15, -0.1) is 5.10 Å². The van der Waals surface area contributed by atoms with Gasteiger partial charge in [0.15, 0.2) is 0 Å². The lowest BCUT2D eigenvalue weighted by atomic mass is 10.1. The highest BCUT2D eigenvalue weighted by Crippen LogP contribution is 2.24. The summed E-state index contributed by atoms with van der Waals surface area (Å²) in [5.74, 6) is 0.611. The monoisotopic (exact) mass is 520 g/mol. The van der Waals surface area contributed by atoms with Crippen LogP contribution in [0.2, 0.25) is 0 Å². The summed E-state index contributed by atoms with van der Waals surface area (Å²) in [6, 6.07) is 11.4. The second-order valence-corrected chi connectivity index (χ2v) is 10.2. The molecule has 36 heavy (non-hydrogen) atoms. The fourth-order valence-corrected chi connectivity index (χ4v) is 4.99. The maximum Gasteiger partial charge on any atom is 0.294 e. The first-order valence-corrected chi connectivity index (χ1v) is 13.1. The van der Waals surface area contributed by atoms with Crippen LogP contribution in [0.4, 0.5) is 14.5 Å². The molecule has 3 heterocycles. The van der Waals surface area contributed by atoms with Crippen LogP contribution in [-0.2, 0) is 34.0 Å². The lowest BCUT2D eigenvalue weighted by Gasteiger charge is -2.34. The summed E-state index contributed by atoms with van der Waals surface area (Å²) < 4.78 is 45.4. The van der Waals surface area contributed by atoms with E-state index in [0.29, 0.717) is 23.6 Å². The van der Waals surface area contributed by atoms with Crippen molar-refractivity contribution in [3.05, 3.63) is 59.4 Å². The van der Waals surface area contributed by atoms with Crippen molar-refractivity contribution in [2.45, 2.75) is 39.6 Å². The standard InChI is InChI=1S/C24H30F2N6O3S/c1-3-36(34)32(16-20-8-7-19(14-27-20)23-28-29-24(35-23)22(25)26)21-6-4-5-18(13-21)15-30-9-11-31(12-10-30)17(2)33/h4-8,13-14,22,24,29H,3,9-12,15-16H2,1-2H3/t24-,36?/m0/s1. The number of halogens is 2. The average Bonchev–Trinajstić information content (AvgIpc) is 3.38. The lowest BCUT2D eigenvalue weighted by molar-refractivity contribution is -0.130. The second-order valence-electron chi connectivity index (χ2n) is 8.56. The molecule has 1 amide bonds. The van der Waals surface area contributed by atoms with Crippen LogP contribution in [-0.4, -0.2) is 75.7 Å². The topological polar surface area (TPSA) is 96.4 Å². The van der Waals surface area contributed by atoms with Crippen LogP contribution in [0.1, 0.15) is 30.7 Å². The van der Waals surface area contributed by atoms with Gasteiger partial charge in [0.25, 0.3) is 6.43 Å². The molecule has 2 aromatic rings. The molecular formula is C24H30F2N6O3S. The molecule has 2 aliphatic rings. The Morgan fingerprint density at radius 3 is 2.67 bits per heavy atom. The van der Waals surface area contributed by atoms with E-state index in [1.807, 2.05) is 36.1 Å². The number of piperazine rings is 1. The van der Waals surface area contributed by atoms with Crippen molar-refractivity contribution >= 4 is 28.9 Å². The summed E-state index contributed by atoms with van der Waals surface area (Å²) in [4.78, 5) is 20.2. The number of alkyl halides is 2. The number of hydrogen-bond donors (Lipinski definition) is 1. The molecule has 9 nitrogen and oxygen atoms in total. The molecule has 0 saturated carbocycles. The Hall–Kier alpha value is -2.96. The zero-order chi connectivity index (χ0) is 25.7. The van der Waals surface area contributed by atoms with Crippen molar-refractivity contribution in [1.82, 2.24) is 20.2 Å². The molecule has 4 rings (SSSR count). The Morgan fingerprint density at radius 1 is 1.28 bits per heavy atom. The molecule has 2 aliphatic heterocycles. The molecule has 194 valence electrons. The molecular weight excluding hydrogens is 490 g/mol. The minimum Gasteiger partial charge on any atom is -0.593 e. The molecule has 0 aliphatic carbocycles. The molecule has 1 fully saturated rings. The average molecular weight is 521 g/mol. The predicted molar refractivity (Wildman–Crippen MR) is 134 cm³/mol. The van der Waals surface area contributed by atoms with Gasteiger partial charge in [-0.2, -0.15) is 4.31 Å². The van der Waals surface area contributed by atoms with Gasteiger partial charge in [-0.1, -0.05) is 12.1 Å². The number of carbonyl (C=O) groups is 1. The van der Waals surface area contributed by atoms with Gasteiger partial charge in [0, 0.05) is 45.8 Å². The highest BCUT2D eigenvalue weighted by Gasteiger charge is 2.29. The molecule has 1 aromatic heterocycles. The first kappa shape index (κ1) is 26.1. The van der Waals surface area contributed by atoms with Crippen molar-refractivity contribution < 1.29 is 22.9 Å².